The molecule has 2 heterocycles. The topological polar surface area (TPSA) is 47.8 Å². The van der Waals surface area contributed by atoms with Crippen LogP contribution in [0, 0.1) is 11.3 Å². The van der Waals surface area contributed by atoms with Crippen molar-refractivity contribution in [2.45, 2.75) is 46.6 Å². The molecule has 0 saturated heterocycles. The molecule has 1 unspecified atom stereocenters. The molecule has 0 bridgehead atoms. The zero-order chi connectivity index (χ0) is 19.3. The summed E-state index contributed by atoms with van der Waals surface area (Å²) in [6.07, 6.45) is 3.05. The van der Waals surface area contributed by atoms with Crippen LogP contribution in [0.5, 0.6) is 0 Å². The number of nitrogens with zero attached hydrogens (tertiary/aromatic N) is 3. The van der Waals surface area contributed by atoms with Gasteiger partial charge in [-0.2, -0.15) is 0 Å². The number of aryl methyl sites for hydroxylation is 1. The van der Waals surface area contributed by atoms with Crippen LogP contribution in [-0.4, -0.2) is 15.0 Å². The van der Waals surface area contributed by atoms with Crippen LogP contribution in [0.1, 0.15) is 43.2 Å². The number of thiophene rings is 1. The van der Waals surface area contributed by atoms with Gasteiger partial charge in [0.25, 0.3) is 5.56 Å². The summed E-state index contributed by atoms with van der Waals surface area (Å²) < 4.78 is 1.40. The van der Waals surface area contributed by atoms with E-state index in [4.69, 9.17) is 23.2 Å². The Balaban J connectivity index is 1.74. The van der Waals surface area contributed by atoms with Gasteiger partial charge in [0, 0.05) is 14.9 Å². The lowest BCUT2D eigenvalue weighted by atomic mass is 9.72. The molecule has 0 aliphatic heterocycles. The molecule has 1 aliphatic carbocycles. The summed E-state index contributed by atoms with van der Waals surface area (Å²) in [5.74, 6) is 0.626. The smallest absolute Gasteiger partial charge is 0.267 e. The van der Waals surface area contributed by atoms with Crippen LogP contribution in [0.4, 0.5) is 0 Å². The monoisotopic (exact) mass is 421 g/mol. The maximum atomic E-state index is 13.1. The Morgan fingerprint density at radius 1 is 1.30 bits per heavy atom. The molecule has 1 atom stereocenters. The molecule has 0 amide bonds. The molecule has 0 saturated carbocycles. The van der Waals surface area contributed by atoms with E-state index in [0.717, 1.165) is 35.0 Å². The van der Waals surface area contributed by atoms with Crippen LogP contribution in [0.15, 0.2) is 23.0 Å². The molecule has 1 aromatic carbocycles. The average molecular weight is 422 g/mol. The minimum atomic E-state index is -0.0854. The average Bonchev–Trinajstić information content (AvgIpc) is 2.97. The van der Waals surface area contributed by atoms with Crippen LogP contribution in [0.2, 0.25) is 10.0 Å². The Morgan fingerprint density at radius 3 is 2.78 bits per heavy atom. The molecule has 7 heteroatoms. The van der Waals surface area contributed by atoms with Crippen molar-refractivity contribution in [1.82, 2.24) is 15.0 Å². The minimum absolute atomic E-state index is 0.0854. The predicted octanol–water partition coefficient (Wildman–Crippen LogP) is 5.36. The lowest BCUT2D eigenvalue weighted by Gasteiger charge is -2.33. The van der Waals surface area contributed by atoms with Crippen LogP contribution >= 0.6 is 34.5 Å². The summed E-state index contributed by atoms with van der Waals surface area (Å²) in [4.78, 5) is 15.2. The number of hydrogen-bond donors (Lipinski definition) is 0. The lowest BCUT2D eigenvalue weighted by molar-refractivity contribution is 0.218. The van der Waals surface area contributed by atoms with E-state index in [1.807, 2.05) is 6.07 Å². The van der Waals surface area contributed by atoms with E-state index in [0.29, 0.717) is 16.0 Å². The predicted molar refractivity (Wildman–Crippen MR) is 112 cm³/mol. The molecule has 4 rings (SSSR count). The van der Waals surface area contributed by atoms with Gasteiger partial charge in [-0.15, -0.1) is 16.4 Å². The Labute approximate surface area is 172 Å². The highest BCUT2D eigenvalue weighted by molar-refractivity contribution is 7.18. The molecule has 142 valence electrons. The summed E-state index contributed by atoms with van der Waals surface area (Å²) >= 11 is 13.8. The molecule has 0 spiro atoms. The Kier molecular flexibility index (Phi) is 4.81. The highest BCUT2D eigenvalue weighted by atomic mass is 35.5. The normalized spacial score (nSPS) is 17.3. The number of halogens is 2. The zero-order valence-electron chi connectivity index (χ0n) is 15.6. The van der Waals surface area contributed by atoms with Crippen molar-refractivity contribution in [3.63, 3.8) is 0 Å². The zero-order valence-corrected chi connectivity index (χ0v) is 17.9. The van der Waals surface area contributed by atoms with Gasteiger partial charge in [0.2, 0.25) is 0 Å². The van der Waals surface area contributed by atoms with E-state index in [1.165, 1.54) is 15.1 Å². The first-order valence-electron chi connectivity index (χ1n) is 9.06. The molecule has 2 aromatic heterocycles. The van der Waals surface area contributed by atoms with Crippen LogP contribution in [0.25, 0.3) is 10.2 Å². The van der Waals surface area contributed by atoms with E-state index in [-0.39, 0.29) is 17.5 Å². The van der Waals surface area contributed by atoms with Gasteiger partial charge in [-0.3, -0.25) is 4.79 Å². The van der Waals surface area contributed by atoms with Crippen molar-refractivity contribution in [3.8, 4) is 0 Å². The molecule has 4 nitrogen and oxygen atoms in total. The van der Waals surface area contributed by atoms with Crippen molar-refractivity contribution >= 4 is 44.8 Å². The van der Waals surface area contributed by atoms with E-state index in [2.05, 4.69) is 31.1 Å². The van der Waals surface area contributed by atoms with E-state index >= 15 is 0 Å². The fraction of sp³-hybridized carbons (Fsp3) is 0.450. The number of rotatable bonds is 2. The molecule has 0 fully saturated rings. The number of benzene rings is 1. The Bertz CT molecular complexity index is 1080. The molecule has 0 N–H and O–H groups in total. The van der Waals surface area contributed by atoms with Crippen molar-refractivity contribution in [2.75, 3.05) is 0 Å². The molecule has 1 aliphatic rings. The third kappa shape index (κ3) is 3.53. The number of fused-ring (bicyclic) bond motifs is 3. The highest BCUT2D eigenvalue weighted by Crippen LogP contribution is 2.41. The van der Waals surface area contributed by atoms with Gasteiger partial charge in [-0.25, -0.2) is 4.68 Å². The quantitative estimate of drug-likeness (QED) is 0.559. The van der Waals surface area contributed by atoms with Crippen LogP contribution < -0.4 is 5.56 Å². The molecule has 3 aromatic rings. The van der Waals surface area contributed by atoms with Crippen LogP contribution in [0.3, 0.4) is 0 Å². The lowest BCUT2D eigenvalue weighted by Crippen LogP contribution is -2.28. The third-order valence-electron chi connectivity index (χ3n) is 5.50. The van der Waals surface area contributed by atoms with E-state index in [1.54, 1.807) is 23.5 Å². The Hall–Kier alpha value is -1.43. The minimum Gasteiger partial charge on any atom is -0.267 e. The first-order valence-corrected chi connectivity index (χ1v) is 10.6. The first kappa shape index (κ1) is 18.9. The van der Waals surface area contributed by atoms with Crippen molar-refractivity contribution in [1.29, 1.82) is 0 Å². The van der Waals surface area contributed by atoms with Gasteiger partial charge >= 0.3 is 0 Å². The van der Waals surface area contributed by atoms with Gasteiger partial charge in [0.1, 0.15) is 0 Å². The maximum absolute atomic E-state index is 13.1. The first-order chi connectivity index (χ1) is 12.7. The number of aromatic nitrogens is 3. The SMILES string of the molecule is CC(C)(C)C1CCc2c(sc3nnn(Cc4ccc(Cl)cc4Cl)c(=O)c23)C1. The summed E-state index contributed by atoms with van der Waals surface area (Å²) in [5, 5.41) is 10.3. The maximum Gasteiger partial charge on any atom is 0.279 e. The third-order valence-corrected chi connectivity index (χ3v) is 7.22. The van der Waals surface area contributed by atoms with Crippen LogP contribution in [-0.2, 0) is 19.4 Å². The molecular formula is C20H21Cl2N3OS. The summed E-state index contributed by atoms with van der Waals surface area (Å²) in [5.41, 5.74) is 2.16. The van der Waals surface area contributed by atoms with Crippen molar-refractivity contribution in [2.24, 2.45) is 11.3 Å². The van der Waals surface area contributed by atoms with Gasteiger partial charge in [-0.05, 0) is 53.9 Å². The Morgan fingerprint density at radius 2 is 2.07 bits per heavy atom. The standard InChI is InChI=1S/C20H21Cl2N3OS/c1-20(2,3)12-5-7-14-16(8-12)27-18-17(14)19(26)25(24-23-18)10-11-4-6-13(21)9-15(11)22/h4,6,9,12H,5,7-8,10H2,1-3H3. The summed E-state index contributed by atoms with van der Waals surface area (Å²) in [6, 6.07) is 5.26. The molecular weight excluding hydrogens is 401 g/mol. The number of hydrogen-bond acceptors (Lipinski definition) is 4. The summed E-state index contributed by atoms with van der Waals surface area (Å²) in [6.45, 7) is 7.16. The second-order valence-electron chi connectivity index (χ2n) is 8.28. The second kappa shape index (κ2) is 6.87. The molecule has 27 heavy (non-hydrogen) atoms. The van der Waals surface area contributed by atoms with Gasteiger partial charge in [0.15, 0.2) is 4.83 Å². The van der Waals surface area contributed by atoms with Gasteiger partial charge < -0.3 is 0 Å². The highest BCUT2D eigenvalue weighted by Gasteiger charge is 2.31. The second-order valence-corrected chi connectivity index (χ2v) is 10.2. The van der Waals surface area contributed by atoms with Gasteiger partial charge in [-0.1, -0.05) is 55.3 Å². The largest absolute Gasteiger partial charge is 0.279 e. The molecule has 0 radical (unpaired) electrons. The van der Waals surface area contributed by atoms with Gasteiger partial charge in [0.05, 0.1) is 11.9 Å². The van der Waals surface area contributed by atoms with E-state index < -0.39 is 0 Å². The summed E-state index contributed by atoms with van der Waals surface area (Å²) in [7, 11) is 0. The van der Waals surface area contributed by atoms with Crippen molar-refractivity contribution in [3.05, 3.63) is 54.6 Å². The van der Waals surface area contributed by atoms with E-state index in [9.17, 15) is 4.79 Å². The fourth-order valence-corrected chi connectivity index (χ4v) is 5.48. The van der Waals surface area contributed by atoms with Crippen molar-refractivity contribution < 1.29 is 0 Å². The fourth-order valence-electron chi connectivity index (χ4n) is 3.78.